The van der Waals surface area contributed by atoms with E-state index in [0.29, 0.717) is 37.8 Å². The van der Waals surface area contributed by atoms with Gasteiger partial charge in [-0.25, -0.2) is 0 Å². The summed E-state index contributed by atoms with van der Waals surface area (Å²) in [5, 5.41) is 5.56. The zero-order valence-electron chi connectivity index (χ0n) is 12.0. The maximum absolute atomic E-state index is 11.6. The minimum absolute atomic E-state index is 0.0455. The lowest BCUT2D eigenvalue weighted by Crippen LogP contribution is -2.42. The highest BCUT2D eigenvalue weighted by atomic mass is 16.2. The number of carbonyl (C=O) groups is 2. The molecule has 18 heavy (non-hydrogen) atoms. The maximum Gasteiger partial charge on any atom is 0.236 e. The number of hydrogen-bond acceptors (Lipinski definition) is 3. The molecule has 0 radical (unpaired) electrons. The second-order valence-electron chi connectivity index (χ2n) is 5.48. The third-order valence-corrected chi connectivity index (χ3v) is 2.41. The molecule has 0 rings (SSSR count). The first-order valence-corrected chi connectivity index (χ1v) is 6.63. The molecule has 106 valence electrons. The van der Waals surface area contributed by atoms with Crippen molar-refractivity contribution in [2.24, 2.45) is 17.6 Å². The predicted octanol–water partition coefficient (Wildman–Crippen LogP) is 0.638. The number of rotatable bonds is 8. The average molecular weight is 257 g/mol. The molecule has 0 aromatic carbocycles. The summed E-state index contributed by atoms with van der Waals surface area (Å²) in [4.78, 5) is 23.0. The highest BCUT2D eigenvalue weighted by molar-refractivity contribution is 5.82. The molecule has 0 aromatic heterocycles. The van der Waals surface area contributed by atoms with Gasteiger partial charge in [-0.3, -0.25) is 9.59 Å². The third-order valence-electron chi connectivity index (χ3n) is 2.41. The molecule has 0 bridgehead atoms. The van der Waals surface area contributed by atoms with Crippen LogP contribution < -0.4 is 16.4 Å². The number of nitrogens with two attached hydrogens (primary N) is 1. The fraction of sp³-hybridized carbons (Fsp3) is 0.846. The van der Waals surface area contributed by atoms with Crippen LogP contribution >= 0.6 is 0 Å². The summed E-state index contributed by atoms with van der Waals surface area (Å²) in [7, 11) is 0. The van der Waals surface area contributed by atoms with Crippen molar-refractivity contribution in [2.45, 2.75) is 46.6 Å². The standard InChI is InChI=1S/C13H27N3O2/c1-9(2)7-15-12(17)6-5-11(14)13(18)16-8-10(3)4/h9-11H,5-8,14H2,1-4H3,(H,15,17)(H,16,18)/t11-/m1/s1. The lowest BCUT2D eigenvalue weighted by Gasteiger charge is -2.13. The molecule has 5 nitrogen and oxygen atoms in total. The van der Waals surface area contributed by atoms with Gasteiger partial charge in [0.2, 0.25) is 11.8 Å². The Hall–Kier alpha value is -1.10. The van der Waals surface area contributed by atoms with Crippen LogP contribution in [0.4, 0.5) is 0 Å². The summed E-state index contributed by atoms with van der Waals surface area (Å²) in [5.74, 6) is 0.601. The third kappa shape index (κ3) is 8.98. The van der Waals surface area contributed by atoms with Crippen molar-refractivity contribution < 1.29 is 9.59 Å². The molecule has 0 aliphatic carbocycles. The summed E-state index contributed by atoms with van der Waals surface area (Å²) < 4.78 is 0. The van der Waals surface area contributed by atoms with Gasteiger partial charge < -0.3 is 16.4 Å². The van der Waals surface area contributed by atoms with E-state index in [1.54, 1.807) is 0 Å². The predicted molar refractivity (Wildman–Crippen MR) is 72.9 cm³/mol. The van der Waals surface area contributed by atoms with Crippen LogP contribution in [0.15, 0.2) is 0 Å². The van der Waals surface area contributed by atoms with E-state index in [9.17, 15) is 9.59 Å². The molecule has 0 saturated carbocycles. The summed E-state index contributed by atoms with van der Waals surface area (Å²) in [6.07, 6.45) is 0.677. The van der Waals surface area contributed by atoms with Crippen molar-refractivity contribution in [3.8, 4) is 0 Å². The molecule has 0 spiro atoms. The molecule has 0 fully saturated rings. The Morgan fingerprint density at radius 3 is 2.00 bits per heavy atom. The number of carbonyl (C=O) groups excluding carboxylic acids is 2. The second kappa shape index (κ2) is 8.91. The Morgan fingerprint density at radius 2 is 1.50 bits per heavy atom. The molecule has 0 aliphatic rings. The van der Waals surface area contributed by atoms with Gasteiger partial charge in [-0.2, -0.15) is 0 Å². The van der Waals surface area contributed by atoms with E-state index in [-0.39, 0.29) is 11.8 Å². The van der Waals surface area contributed by atoms with Crippen LogP contribution in [0.2, 0.25) is 0 Å². The molecule has 0 aromatic rings. The first kappa shape index (κ1) is 16.9. The minimum atomic E-state index is -0.603. The lowest BCUT2D eigenvalue weighted by molar-refractivity contribution is -0.123. The highest BCUT2D eigenvalue weighted by Gasteiger charge is 2.15. The van der Waals surface area contributed by atoms with Gasteiger partial charge >= 0.3 is 0 Å². The van der Waals surface area contributed by atoms with E-state index in [1.165, 1.54) is 0 Å². The van der Waals surface area contributed by atoms with E-state index in [1.807, 2.05) is 27.7 Å². The molecule has 2 amide bonds. The van der Waals surface area contributed by atoms with Gasteiger partial charge in [0, 0.05) is 19.5 Å². The molecule has 0 heterocycles. The first-order chi connectivity index (χ1) is 8.32. The molecule has 0 saturated heterocycles. The lowest BCUT2D eigenvalue weighted by atomic mass is 10.1. The topological polar surface area (TPSA) is 84.2 Å². The SMILES string of the molecule is CC(C)CNC(=O)CC[C@@H](N)C(=O)NCC(C)C. The van der Waals surface area contributed by atoms with Crippen LogP contribution in [0.5, 0.6) is 0 Å². The molecule has 0 unspecified atom stereocenters. The first-order valence-electron chi connectivity index (χ1n) is 6.63. The molecule has 5 heteroatoms. The zero-order chi connectivity index (χ0) is 14.1. The van der Waals surface area contributed by atoms with Crippen LogP contribution in [-0.4, -0.2) is 30.9 Å². The van der Waals surface area contributed by atoms with Crippen LogP contribution in [0.1, 0.15) is 40.5 Å². The van der Waals surface area contributed by atoms with Crippen LogP contribution in [-0.2, 0) is 9.59 Å². The van der Waals surface area contributed by atoms with Crippen LogP contribution in [0.25, 0.3) is 0 Å². The number of hydrogen-bond donors (Lipinski definition) is 3. The molecule has 4 N–H and O–H groups in total. The zero-order valence-corrected chi connectivity index (χ0v) is 12.0. The smallest absolute Gasteiger partial charge is 0.236 e. The van der Waals surface area contributed by atoms with Crippen molar-refractivity contribution in [1.29, 1.82) is 0 Å². The van der Waals surface area contributed by atoms with Gasteiger partial charge in [0.1, 0.15) is 0 Å². The average Bonchev–Trinajstić information content (AvgIpc) is 2.30. The van der Waals surface area contributed by atoms with Crippen molar-refractivity contribution in [3.63, 3.8) is 0 Å². The van der Waals surface area contributed by atoms with Gasteiger partial charge in [0.15, 0.2) is 0 Å². The minimum Gasteiger partial charge on any atom is -0.356 e. The van der Waals surface area contributed by atoms with Gasteiger partial charge in [0.05, 0.1) is 6.04 Å². The number of nitrogens with one attached hydrogen (secondary N) is 2. The maximum atomic E-state index is 11.6. The van der Waals surface area contributed by atoms with Crippen molar-refractivity contribution in [1.82, 2.24) is 10.6 Å². The van der Waals surface area contributed by atoms with Gasteiger partial charge in [-0.15, -0.1) is 0 Å². The monoisotopic (exact) mass is 257 g/mol. The normalized spacial score (nSPS) is 12.6. The molecular weight excluding hydrogens is 230 g/mol. The second-order valence-corrected chi connectivity index (χ2v) is 5.48. The largest absolute Gasteiger partial charge is 0.356 e. The Morgan fingerprint density at radius 1 is 1.00 bits per heavy atom. The quantitative estimate of drug-likeness (QED) is 0.596. The van der Waals surface area contributed by atoms with E-state index < -0.39 is 6.04 Å². The van der Waals surface area contributed by atoms with Crippen molar-refractivity contribution >= 4 is 11.8 Å². The van der Waals surface area contributed by atoms with Crippen molar-refractivity contribution in [3.05, 3.63) is 0 Å². The van der Waals surface area contributed by atoms with E-state index in [2.05, 4.69) is 10.6 Å². The highest BCUT2D eigenvalue weighted by Crippen LogP contribution is 1.97. The summed E-state index contributed by atoms with van der Waals surface area (Å²) in [6.45, 7) is 9.38. The Balaban J connectivity index is 3.77. The van der Waals surface area contributed by atoms with E-state index >= 15 is 0 Å². The van der Waals surface area contributed by atoms with Crippen molar-refractivity contribution in [2.75, 3.05) is 13.1 Å². The fourth-order valence-electron chi connectivity index (χ4n) is 1.26. The molecular formula is C13H27N3O2. The molecule has 1 atom stereocenters. The Labute approximate surface area is 110 Å². The summed E-state index contributed by atoms with van der Waals surface area (Å²) in [5.41, 5.74) is 5.72. The van der Waals surface area contributed by atoms with Gasteiger partial charge in [-0.05, 0) is 18.3 Å². The fourth-order valence-corrected chi connectivity index (χ4v) is 1.26. The van der Waals surface area contributed by atoms with E-state index in [4.69, 9.17) is 5.73 Å². The molecule has 0 aliphatic heterocycles. The van der Waals surface area contributed by atoms with Crippen LogP contribution in [0.3, 0.4) is 0 Å². The number of amides is 2. The summed E-state index contributed by atoms with van der Waals surface area (Å²) >= 11 is 0. The summed E-state index contributed by atoms with van der Waals surface area (Å²) in [6, 6.07) is -0.603. The van der Waals surface area contributed by atoms with Crippen LogP contribution in [0, 0.1) is 11.8 Å². The van der Waals surface area contributed by atoms with Gasteiger partial charge in [0.25, 0.3) is 0 Å². The Bertz CT molecular complexity index is 265. The van der Waals surface area contributed by atoms with E-state index in [0.717, 1.165) is 0 Å². The van der Waals surface area contributed by atoms with Gasteiger partial charge in [-0.1, -0.05) is 27.7 Å². The Kier molecular flexibility index (Phi) is 8.37.